The van der Waals surface area contributed by atoms with Crippen LogP contribution in [0.5, 0.6) is 5.88 Å². The van der Waals surface area contributed by atoms with Gasteiger partial charge in [0.05, 0.1) is 18.7 Å². The lowest BCUT2D eigenvalue weighted by Crippen LogP contribution is -2.46. The van der Waals surface area contributed by atoms with Crippen LogP contribution >= 0.6 is 11.3 Å². The van der Waals surface area contributed by atoms with Gasteiger partial charge in [-0.3, -0.25) is 9.80 Å². The summed E-state index contributed by atoms with van der Waals surface area (Å²) in [5.74, 6) is 0.697. The molecule has 5 rings (SSSR count). The minimum Gasteiger partial charge on any atom is -0.481 e. The van der Waals surface area contributed by atoms with Crippen molar-refractivity contribution in [2.45, 2.75) is 12.6 Å². The SMILES string of the molecule is COc1ncccc1CN1CCN(C)[C@H](c2nnn3cc(-c4ccsc4)ccc23)C1. The number of hydrogen-bond donors (Lipinski definition) is 0. The Morgan fingerprint density at radius 2 is 2.10 bits per heavy atom. The van der Waals surface area contributed by atoms with Crippen LogP contribution in [0.1, 0.15) is 17.3 Å². The first-order chi connectivity index (χ1) is 14.7. The molecule has 1 aliphatic rings. The third-order valence-electron chi connectivity index (χ3n) is 5.78. The number of methoxy groups -OCH3 is 1. The van der Waals surface area contributed by atoms with Crippen LogP contribution in [0.2, 0.25) is 0 Å². The Balaban J connectivity index is 1.40. The van der Waals surface area contributed by atoms with Crippen molar-refractivity contribution >= 4 is 16.9 Å². The van der Waals surface area contributed by atoms with E-state index in [9.17, 15) is 0 Å². The van der Waals surface area contributed by atoms with Gasteiger partial charge in [0.15, 0.2) is 0 Å². The molecule has 1 saturated heterocycles. The van der Waals surface area contributed by atoms with Crippen LogP contribution in [0.15, 0.2) is 53.5 Å². The Bertz CT molecular complexity index is 1140. The summed E-state index contributed by atoms with van der Waals surface area (Å²) in [6, 6.07) is 10.7. The third-order valence-corrected chi connectivity index (χ3v) is 6.46. The molecule has 5 heterocycles. The number of fused-ring (bicyclic) bond motifs is 1. The molecule has 0 N–H and O–H groups in total. The highest BCUT2D eigenvalue weighted by molar-refractivity contribution is 7.08. The maximum atomic E-state index is 5.43. The highest BCUT2D eigenvalue weighted by Gasteiger charge is 2.29. The number of rotatable bonds is 5. The Morgan fingerprint density at radius 1 is 1.17 bits per heavy atom. The topological polar surface area (TPSA) is 58.8 Å². The molecule has 0 amide bonds. The van der Waals surface area contributed by atoms with Crippen molar-refractivity contribution in [1.29, 1.82) is 0 Å². The predicted octanol–water partition coefficient (Wildman–Crippen LogP) is 3.35. The quantitative estimate of drug-likeness (QED) is 0.494. The van der Waals surface area contributed by atoms with Gasteiger partial charge >= 0.3 is 0 Å². The first-order valence-electron chi connectivity index (χ1n) is 10.0. The van der Waals surface area contributed by atoms with Crippen molar-refractivity contribution in [3.8, 4) is 17.0 Å². The molecule has 30 heavy (non-hydrogen) atoms. The summed E-state index contributed by atoms with van der Waals surface area (Å²) in [6.45, 7) is 3.66. The second-order valence-corrected chi connectivity index (χ2v) is 8.42. The number of likely N-dealkylation sites (N-methyl/N-ethyl adjacent to an activating group) is 1. The van der Waals surface area contributed by atoms with Gasteiger partial charge < -0.3 is 4.74 Å². The van der Waals surface area contributed by atoms with Gasteiger partial charge in [0.25, 0.3) is 0 Å². The molecule has 154 valence electrons. The van der Waals surface area contributed by atoms with Crippen molar-refractivity contribution < 1.29 is 4.74 Å². The molecule has 4 aromatic heterocycles. The van der Waals surface area contributed by atoms with E-state index in [-0.39, 0.29) is 6.04 Å². The molecule has 1 atom stereocenters. The second kappa shape index (κ2) is 8.14. The average molecular weight is 421 g/mol. The van der Waals surface area contributed by atoms with Crippen LogP contribution in [0.25, 0.3) is 16.6 Å². The lowest BCUT2D eigenvalue weighted by molar-refractivity contribution is 0.0882. The standard InChI is InChI=1S/C22H24N6OS/c1-26-9-10-27(12-17-4-3-8-23-22(17)29-2)14-20(26)21-19-6-5-16(13-28(19)25-24-21)18-7-11-30-15-18/h3-8,11,13,15,20H,9-10,12,14H2,1-2H3/t20-/m0/s1. The van der Waals surface area contributed by atoms with Gasteiger partial charge in [0.1, 0.15) is 5.69 Å². The molecule has 0 unspecified atom stereocenters. The van der Waals surface area contributed by atoms with E-state index in [4.69, 9.17) is 4.74 Å². The molecule has 0 aliphatic carbocycles. The summed E-state index contributed by atoms with van der Waals surface area (Å²) < 4.78 is 7.34. The summed E-state index contributed by atoms with van der Waals surface area (Å²) in [6.07, 6.45) is 3.83. The number of piperazine rings is 1. The van der Waals surface area contributed by atoms with E-state index in [0.717, 1.165) is 48.5 Å². The Hall–Kier alpha value is -2.81. The molecular weight excluding hydrogens is 396 g/mol. The average Bonchev–Trinajstić information content (AvgIpc) is 3.45. The van der Waals surface area contributed by atoms with Crippen molar-refractivity contribution in [3.63, 3.8) is 0 Å². The molecule has 0 aromatic carbocycles. The fraction of sp³-hybridized carbons (Fsp3) is 0.318. The minimum atomic E-state index is 0.186. The van der Waals surface area contributed by atoms with Crippen LogP contribution in [-0.4, -0.2) is 63.4 Å². The molecule has 0 saturated carbocycles. The van der Waals surface area contributed by atoms with Crippen LogP contribution in [0.4, 0.5) is 0 Å². The lowest BCUT2D eigenvalue weighted by atomic mass is 10.1. The van der Waals surface area contributed by atoms with E-state index >= 15 is 0 Å². The zero-order valence-corrected chi connectivity index (χ0v) is 17.9. The summed E-state index contributed by atoms with van der Waals surface area (Å²) in [5, 5.41) is 13.3. The lowest BCUT2D eigenvalue weighted by Gasteiger charge is -2.38. The van der Waals surface area contributed by atoms with E-state index in [0.29, 0.717) is 5.88 Å². The van der Waals surface area contributed by atoms with Gasteiger partial charge in [-0.15, -0.1) is 5.10 Å². The molecule has 0 radical (unpaired) electrons. The summed E-state index contributed by atoms with van der Waals surface area (Å²) in [5.41, 5.74) is 5.56. The molecule has 1 aliphatic heterocycles. The molecule has 7 nitrogen and oxygen atoms in total. The van der Waals surface area contributed by atoms with Gasteiger partial charge in [-0.25, -0.2) is 9.50 Å². The smallest absolute Gasteiger partial charge is 0.217 e. The van der Waals surface area contributed by atoms with E-state index < -0.39 is 0 Å². The number of thiophene rings is 1. The van der Waals surface area contributed by atoms with E-state index in [2.05, 4.69) is 73.4 Å². The number of hydrogen-bond acceptors (Lipinski definition) is 7. The van der Waals surface area contributed by atoms with Crippen LogP contribution in [0, 0.1) is 0 Å². The largest absolute Gasteiger partial charge is 0.481 e. The van der Waals surface area contributed by atoms with Crippen LogP contribution < -0.4 is 4.74 Å². The number of ether oxygens (including phenoxy) is 1. The first kappa shape index (κ1) is 19.2. The van der Waals surface area contributed by atoms with Gasteiger partial charge in [0.2, 0.25) is 5.88 Å². The monoisotopic (exact) mass is 420 g/mol. The molecule has 1 fully saturated rings. The highest BCUT2D eigenvalue weighted by atomic mass is 32.1. The summed E-state index contributed by atoms with van der Waals surface area (Å²) in [4.78, 5) is 9.14. The maximum absolute atomic E-state index is 5.43. The van der Waals surface area contributed by atoms with Crippen molar-refractivity contribution in [2.75, 3.05) is 33.8 Å². The first-order valence-corrected chi connectivity index (χ1v) is 10.9. The maximum Gasteiger partial charge on any atom is 0.217 e. The Morgan fingerprint density at radius 3 is 2.93 bits per heavy atom. The molecule has 0 bridgehead atoms. The molecule has 4 aromatic rings. The van der Waals surface area contributed by atoms with Gasteiger partial charge in [-0.1, -0.05) is 17.3 Å². The number of pyridine rings is 2. The van der Waals surface area contributed by atoms with Gasteiger partial charge in [0, 0.05) is 49.7 Å². The van der Waals surface area contributed by atoms with E-state index in [1.165, 1.54) is 5.56 Å². The molecule has 8 heteroatoms. The predicted molar refractivity (Wildman–Crippen MR) is 118 cm³/mol. The molecule has 0 spiro atoms. The van der Waals surface area contributed by atoms with Gasteiger partial charge in [-0.2, -0.15) is 11.3 Å². The normalized spacial score (nSPS) is 18.1. The van der Waals surface area contributed by atoms with Crippen molar-refractivity contribution in [1.82, 2.24) is 29.6 Å². The zero-order chi connectivity index (χ0) is 20.5. The number of aromatic nitrogens is 4. The van der Waals surface area contributed by atoms with E-state index in [1.54, 1.807) is 24.6 Å². The minimum absolute atomic E-state index is 0.186. The number of nitrogens with zero attached hydrogens (tertiary/aromatic N) is 6. The second-order valence-electron chi connectivity index (χ2n) is 7.64. The van der Waals surface area contributed by atoms with E-state index in [1.807, 2.05) is 10.6 Å². The Labute approximate surface area is 179 Å². The van der Waals surface area contributed by atoms with Gasteiger partial charge in [-0.05, 0) is 41.6 Å². The van der Waals surface area contributed by atoms with Crippen LogP contribution in [0.3, 0.4) is 0 Å². The summed E-state index contributed by atoms with van der Waals surface area (Å²) >= 11 is 1.70. The Kier molecular flexibility index (Phi) is 5.20. The molecular formula is C22H24N6OS. The van der Waals surface area contributed by atoms with Crippen LogP contribution in [-0.2, 0) is 6.54 Å². The highest BCUT2D eigenvalue weighted by Crippen LogP contribution is 2.29. The summed E-state index contributed by atoms with van der Waals surface area (Å²) in [7, 11) is 3.84. The van der Waals surface area contributed by atoms with Crippen molar-refractivity contribution in [3.05, 3.63) is 64.7 Å². The van der Waals surface area contributed by atoms with Crippen molar-refractivity contribution in [2.24, 2.45) is 0 Å². The third kappa shape index (κ3) is 3.58. The zero-order valence-electron chi connectivity index (χ0n) is 17.1. The fourth-order valence-electron chi connectivity index (χ4n) is 4.09. The fourth-order valence-corrected chi connectivity index (χ4v) is 4.75.